The predicted molar refractivity (Wildman–Crippen MR) is 172 cm³/mol. The molecule has 12 heteroatoms. The van der Waals surface area contributed by atoms with Gasteiger partial charge >= 0.3 is 6.18 Å². The van der Waals surface area contributed by atoms with Crippen LogP contribution in [0.3, 0.4) is 0 Å². The number of rotatable bonds is 10. The van der Waals surface area contributed by atoms with Crippen LogP contribution in [0.25, 0.3) is 0 Å². The molecule has 7 nitrogen and oxygen atoms in total. The number of H-pyrrole nitrogens is 1. The van der Waals surface area contributed by atoms with E-state index in [2.05, 4.69) is 9.97 Å². The van der Waals surface area contributed by atoms with Crippen molar-refractivity contribution < 1.29 is 31.8 Å². The number of anilines is 1. The summed E-state index contributed by atoms with van der Waals surface area (Å²) in [5.41, 5.74) is 0.193. The minimum Gasteiger partial charge on any atom is -0.497 e. The lowest BCUT2D eigenvalue weighted by atomic mass is 9.81. The number of halogens is 4. The smallest absolute Gasteiger partial charge is 0.417 e. The van der Waals surface area contributed by atoms with Gasteiger partial charge in [0.1, 0.15) is 11.5 Å². The highest BCUT2D eigenvalue weighted by molar-refractivity contribution is 7.98. The Morgan fingerprint density at radius 1 is 1.00 bits per heavy atom. The molecule has 4 aromatic rings. The molecule has 1 aliphatic heterocycles. The van der Waals surface area contributed by atoms with Gasteiger partial charge < -0.3 is 24.1 Å². The van der Waals surface area contributed by atoms with Crippen LogP contribution in [-0.4, -0.2) is 30.4 Å². The van der Waals surface area contributed by atoms with Gasteiger partial charge in [-0.15, -0.1) is 0 Å². The largest absolute Gasteiger partial charge is 0.497 e. The molecule has 3 aromatic carbocycles. The van der Waals surface area contributed by atoms with Crippen LogP contribution in [0.15, 0.2) is 64.5 Å². The molecule has 0 saturated heterocycles. The van der Waals surface area contributed by atoms with Crippen molar-refractivity contribution in [2.24, 2.45) is 5.92 Å². The monoisotopic (exact) mass is 669 g/mol. The number of benzene rings is 3. The van der Waals surface area contributed by atoms with Crippen LogP contribution in [-0.2, 0) is 30.6 Å². The molecular formula is C35H35F4N3O4S. The van der Waals surface area contributed by atoms with Gasteiger partial charge in [-0.3, -0.25) is 4.79 Å². The first kappa shape index (κ1) is 32.9. The lowest BCUT2D eigenvalue weighted by Crippen LogP contribution is -2.33. The fourth-order valence-corrected chi connectivity index (χ4v) is 6.80. The zero-order chi connectivity index (χ0) is 33.5. The molecule has 6 rings (SSSR count). The van der Waals surface area contributed by atoms with Crippen molar-refractivity contribution in [1.29, 1.82) is 0 Å². The van der Waals surface area contributed by atoms with Gasteiger partial charge in [-0.05, 0) is 79.0 Å². The summed E-state index contributed by atoms with van der Waals surface area (Å²) < 4.78 is 78.6. The molecule has 2 aliphatic rings. The number of nitrogens with one attached hydrogen (secondary N) is 1. The molecule has 1 aliphatic carbocycles. The summed E-state index contributed by atoms with van der Waals surface area (Å²) in [5, 5.41) is 0.353. The average Bonchev–Trinajstić information content (AvgIpc) is 3.90. The number of fused-ring (bicyclic) bond motifs is 1. The zero-order valence-electron chi connectivity index (χ0n) is 26.4. The molecule has 1 aromatic heterocycles. The van der Waals surface area contributed by atoms with E-state index in [-0.39, 0.29) is 42.4 Å². The Morgan fingerprint density at radius 3 is 2.06 bits per heavy atom. The summed E-state index contributed by atoms with van der Waals surface area (Å²) in [7, 11) is 3.11. The summed E-state index contributed by atoms with van der Waals surface area (Å²) in [4.78, 5) is 22.0. The second-order valence-corrected chi connectivity index (χ2v) is 12.7. The quantitative estimate of drug-likeness (QED) is 0.104. The highest BCUT2D eigenvalue weighted by atomic mass is 32.2. The Hall–Kier alpha value is -4.03. The summed E-state index contributed by atoms with van der Waals surface area (Å²) in [6.45, 7) is 1.48. The first-order valence-corrected chi connectivity index (χ1v) is 16.4. The van der Waals surface area contributed by atoms with E-state index in [0.717, 1.165) is 24.0 Å². The molecule has 0 spiro atoms. The van der Waals surface area contributed by atoms with E-state index in [1.165, 1.54) is 24.8 Å². The van der Waals surface area contributed by atoms with E-state index in [1.54, 1.807) is 49.6 Å². The molecule has 1 N–H and O–H groups in total. The molecular weight excluding hydrogens is 634 g/mol. The highest BCUT2D eigenvalue weighted by Crippen LogP contribution is 2.55. The maximum atomic E-state index is 17.2. The Kier molecular flexibility index (Phi) is 9.26. The van der Waals surface area contributed by atoms with Gasteiger partial charge in [0.15, 0.2) is 11.0 Å². The molecule has 2 heterocycles. The topological polar surface area (TPSA) is 76.7 Å². The third-order valence-electron chi connectivity index (χ3n) is 8.85. The number of thioether (sulfide) groups is 1. The van der Waals surface area contributed by atoms with Crippen molar-refractivity contribution in [3.8, 4) is 11.5 Å². The number of alkyl halides is 3. The number of methoxy groups -OCH3 is 2. The molecule has 1 saturated carbocycles. The summed E-state index contributed by atoms with van der Waals surface area (Å²) in [6, 6.07) is 15.8. The molecule has 1 fully saturated rings. The van der Waals surface area contributed by atoms with E-state index in [4.69, 9.17) is 14.2 Å². The second-order valence-electron chi connectivity index (χ2n) is 11.9. The summed E-state index contributed by atoms with van der Waals surface area (Å²) in [6.07, 6.45) is -2.97. The van der Waals surface area contributed by atoms with Crippen LogP contribution in [0.2, 0.25) is 0 Å². The number of aromatic nitrogens is 2. The number of ether oxygens (including phenoxy) is 3. The Morgan fingerprint density at radius 2 is 1.57 bits per heavy atom. The minimum absolute atomic E-state index is 0.0183. The standard InChI is InChI=1S/C35H35F4N3O4S/c1-19-15-26(42(16-20-5-11-23(44-2)12-6-20)17-21-7-13-24(45-3)14-8-21)30(36)28(29(19)35(37,38)39)32-27(22-9-10-22)31-25(18-46-32)33(43)41-34(40-31)47-4/h5-8,11-15,22,27,32H,9-10,16-18H2,1-4H3,(H,40,41,43). The number of nitrogens with zero attached hydrogens (tertiary/aromatic N) is 2. The summed E-state index contributed by atoms with van der Waals surface area (Å²) >= 11 is 1.23. The maximum Gasteiger partial charge on any atom is 0.417 e. The van der Waals surface area contributed by atoms with Crippen molar-refractivity contribution in [2.45, 2.75) is 62.8 Å². The van der Waals surface area contributed by atoms with E-state index >= 15 is 4.39 Å². The zero-order valence-corrected chi connectivity index (χ0v) is 27.2. The predicted octanol–water partition coefficient (Wildman–Crippen LogP) is 7.95. The first-order chi connectivity index (χ1) is 22.5. The van der Waals surface area contributed by atoms with Gasteiger partial charge in [0.2, 0.25) is 0 Å². The van der Waals surface area contributed by atoms with Gasteiger partial charge in [-0.25, -0.2) is 9.37 Å². The second kappa shape index (κ2) is 13.2. The van der Waals surface area contributed by atoms with Crippen molar-refractivity contribution in [3.05, 3.63) is 110 Å². The van der Waals surface area contributed by atoms with Crippen LogP contribution in [0.1, 0.15) is 63.9 Å². The number of hydrogen-bond donors (Lipinski definition) is 1. The number of aryl methyl sites for hydroxylation is 1. The molecule has 0 radical (unpaired) electrons. The Balaban J connectivity index is 1.51. The summed E-state index contributed by atoms with van der Waals surface area (Å²) in [5.74, 6) is -0.519. The Labute approximate surface area is 274 Å². The van der Waals surface area contributed by atoms with Crippen molar-refractivity contribution in [2.75, 3.05) is 25.4 Å². The van der Waals surface area contributed by atoms with Gasteiger partial charge in [0, 0.05) is 24.6 Å². The minimum atomic E-state index is -4.86. The fourth-order valence-electron chi connectivity index (χ4n) is 6.42. The molecule has 2 atom stereocenters. The maximum absolute atomic E-state index is 17.2. The van der Waals surface area contributed by atoms with Crippen LogP contribution in [0, 0.1) is 18.7 Å². The third kappa shape index (κ3) is 6.71. The lowest BCUT2D eigenvalue weighted by molar-refractivity contribution is -0.141. The van der Waals surface area contributed by atoms with Gasteiger partial charge in [-0.2, -0.15) is 13.2 Å². The first-order valence-electron chi connectivity index (χ1n) is 15.2. The lowest BCUT2D eigenvalue weighted by Gasteiger charge is -2.36. The van der Waals surface area contributed by atoms with Crippen LogP contribution in [0.5, 0.6) is 11.5 Å². The van der Waals surface area contributed by atoms with Crippen molar-refractivity contribution >= 4 is 17.4 Å². The van der Waals surface area contributed by atoms with Crippen LogP contribution in [0.4, 0.5) is 23.2 Å². The fraction of sp³-hybridized carbons (Fsp3) is 0.371. The molecule has 47 heavy (non-hydrogen) atoms. The van der Waals surface area contributed by atoms with E-state index in [1.807, 2.05) is 24.3 Å². The van der Waals surface area contributed by atoms with E-state index in [9.17, 15) is 18.0 Å². The van der Waals surface area contributed by atoms with Gasteiger partial charge in [-0.1, -0.05) is 36.0 Å². The third-order valence-corrected chi connectivity index (χ3v) is 9.43. The molecule has 0 bridgehead atoms. The highest BCUT2D eigenvalue weighted by Gasteiger charge is 2.49. The number of aromatic amines is 1. The Bertz CT molecular complexity index is 1760. The van der Waals surface area contributed by atoms with Crippen LogP contribution >= 0.6 is 11.8 Å². The van der Waals surface area contributed by atoms with Crippen molar-refractivity contribution in [1.82, 2.24) is 9.97 Å². The average molecular weight is 670 g/mol. The molecule has 2 unspecified atom stereocenters. The van der Waals surface area contributed by atoms with E-state index in [0.29, 0.717) is 22.3 Å². The van der Waals surface area contributed by atoms with Crippen LogP contribution < -0.4 is 19.9 Å². The number of hydrogen-bond acceptors (Lipinski definition) is 7. The van der Waals surface area contributed by atoms with Crippen molar-refractivity contribution in [3.63, 3.8) is 0 Å². The normalized spacial score (nSPS) is 17.7. The van der Waals surface area contributed by atoms with E-state index < -0.39 is 40.7 Å². The SMILES string of the molecule is COc1ccc(CN(Cc2ccc(OC)cc2)c2cc(C)c(C(F)(F)F)c(C3OCc4c(nc(SC)[nH]c4=O)C3C3CC3)c2F)cc1. The van der Waals surface area contributed by atoms with Gasteiger partial charge in [0.25, 0.3) is 5.56 Å². The molecule has 0 amide bonds. The molecule has 248 valence electrons. The van der Waals surface area contributed by atoms with Gasteiger partial charge in [0.05, 0.1) is 49.4 Å².